The zero-order valence-corrected chi connectivity index (χ0v) is 16.9. The summed E-state index contributed by atoms with van der Waals surface area (Å²) in [6.07, 6.45) is 0. The van der Waals surface area contributed by atoms with E-state index < -0.39 is 15.9 Å². The summed E-state index contributed by atoms with van der Waals surface area (Å²) in [5.74, 6) is 0.547. The van der Waals surface area contributed by atoms with E-state index in [0.29, 0.717) is 28.1 Å². The van der Waals surface area contributed by atoms with Gasteiger partial charge in [0.15, 0.2) is 11.5 Å². The predicted octanol–water partition coefficient (Wildman–Crippen LogP) is 3.07. The molecule has 2 rings (SSSR count). The zero-order chi connectivity index (χ0) is 19.3. The zero-order valence-electron chi connectivity index (χ0n) is 14.5. The predicted molar refractivity (Wildman–Crippen MR) is 102 cm³/mol. The minimum absolute atomic E-state index is 0.0838. The Kier molecular flexibility index (Phi) is 6.87. The molecule has 0 atom stereocenters. The number of ether oxygens (including phenoxy) is 2. The number of hydrogen-bond acceptors (Lipinski definition) is 6. The number of thiophene rings is 1. The molecule has 1 aromatic heterocycles. The van der Waals surface area contributed by atoms with Gasteiger partial charge in [-0.25, -0.2) is 8.42 Å². The van der Waals surface area contributed by atoms with Gasteiger partial charge in [0.05, 0.1) is 24.6 Å². The number of carbonyl (C=O) groups excluding carboxylic acids is 1. The number of anilines is 1. The fourth-order valence-corrected chi connectivity index (χ4v) is 4.92. The molecule has 0 aliphatic rings. The van der Waals surface area contributed by atoms with Gasteiger partial charge in [0.2, 0.25) is 5.91 Å². The molecule has 2 aromatic rings. The molecule has 0 saturated carbocycles. The summed E-state index contributed by atoms with van der Waals surface area (Å²) >= 11 is 6.72. The van der Waals surface area contributed by atoms with Crippen LogP contribution in [0.15, 0.2) is 34.5 Å². The van der Waals surface area contributed by atoms with Crippen LogP contribution in [0.2, 0.25) is 4.34 Å². The molecule has 1 heterocycles. The van der Waals surface area contributed by atoms with E-state index in [9.17, 15) is 13.2 Å². The maximum Gasteiger partial charge on any atom is 0.252 e. The van der Waals surface area contributed by atoms with Crippen molar-refractivity contribution in [3.8, 4) is 11.5 Å². The molecule has 0 radical (unpaired) electrons. The Morgan fingerprint density at radius 1 is 1.27 bits per heavy atom. The number of nitrogens with zero attached hydrogens (tertiary/aromatic N) is 1. The lowest BCUT2D eigenvalue weighted by Crippen LogP contribution is -2.34. The average molecular weight is 419 g/mol. The SMILES string of the molecule is CCOc1ccc(NC(=O)CN(C)S(=O)(=O)c2ccc(Cl)s2)cc1OC. The van der Waals surface area contributed by atoms with Gasteiger partial charge in [-0.15, -0.1) is 11.3 Å². The van der Waals surface area contributed by atoms with Crippen molar-refractivity contribution in [1.29, 1.82) is 0 Å². The molecule has 0 spiro atoms. The molecule has 0 fully saturated rings. The molecule has 1 amide bonds. The van der Waals surface area contributed by atoms with Crippen LogP contribution >= 0.6 is 22.9 Å². The molecule has 142 valence electrons. The summed E-state index contributed by atoms with van der Waals surface area (Å²) in [6.45, 7) is 2.00. The van der Waals surface area contributed by atoms with E-state index in [2.05, 4.69) is 5.32 Å². The largest absolute Gasteiger partial charge is 0.493 e. The number of amides is 1. The van der Waals surface area contributed by atoms with E-state index >= 15 is 0 Å². The highest BCUT2D eigenvalue weighted by atomic mass is 35.5. The average Bonchev–Trinajstić information content (AvgIpc) is 3.03. The monoisotopic (exact) mass is 418 g/mol. The number of carbonyl (C=O) groups is 1. The van der Waals surface area contributed by atoms with Gasteiger partial charge >= 0.3 is 0 Å². The van der Waals surface area contributed by atoms with Crippen molar-refractivity contribution in [2.45, 2.75) is 11.1 Å². The van der Waals surface area contributed by atoms with Crippen LogP contribution in [0, 0.1) is 0 Å². The smallest absolute Gasteiger partial charge is 0.252 e. The Hall–Kier alpha value is -1.81. The summed E-state index contributed by atoms with van der Waals surface area (Å²) in [5.41, 5.74) is 0.472. The van der Waals surface area contributed by atoms with E-state index in [1.54, 1.807) is 18.2 Å². The molecule has 0 bridgehead atoms. The third-order valence-corrected chi connectivity index (χ3v) is 6.83. The maximum absolute atomic E-state index is 12.4. The number of rotatable bonds is 8. The molecule has 0 saturated heterocycles. The van der Waals surface area contributed by atoms with Gasteiger partial charge in [-0.3, -0.25) is 4.79 Å². The third-order valence-electron chi connectivity index (χ3n) is 3.33. The fourth-order valence-electron chi connectivity index (χ4n) is 2.10. The van der Waals surface area contributed by atoms with E-state index in [0.717, 1.165) is 15.6 Å². The lowest BCUT2D eigenvalue weighted by Gasteiger charge is -2.16. The van der Waals surface area contributed by atoms with Crippen molar-refractivity contribution in [2.24, 2.45) is 0 Å². The molecule has 0 unspecified atom stereocenters. The Morgan fingerprint density at radius 2 is 2.00 bits per heavy atom. The first kappa shape index (κ1) is 20.5. The summed E-state index contributed by atoms with van der Waals surface area (Å²) in [5, 5.41) is 2.64. The summed E-state index contributed by atoms with van der Waals surface area (Å²) in [7, 11) is -0.940. The summed E-state index contributed by atoms with van der Waals surface area (Å²) < 4.78 is 36.9. The standard InChI is InChI=1S/C16H19ClN2O5S2/c1-4-24-12-6-5-11(9-13(12)23-3)18-15(20)10-19(2)26(21,22)16-8-7-14(17)25-16/h5-9H,4,10H2,1-3H3,(H,18,20). The molecule has 10 heteroatoms. The maximum atomic E-state index is 12.4. The highest BCUT2D eigenvalue weighted by Crippen LogP contribution is 2.30. The van der Waals surface area contributed by atoms with E-state index in [1.165, 1.54) is 26.3 Å². The van der Waals surface area contributed by atoms with Gasteiger partial charge in [-0.05, 0) is 31.2 Å². The van der Waals surface area contributed by atoms with Crippen molar-refractivity contribution in [3.05, 3.63) is 34.7 Å². The highest BCUT2D eigenvalue weighted by molar-refractivity contribution is 7.91. The van der Waals surface area contributed by atoms with Crippen molar-refractivity contribution >= 4 is 44.6 Å². The third kappa shape index (κ3) is 4.88. The lowest BCUT2D eigenvalue weighted by atomic mass is 10.2. The number of nitrogens with one attached hydrogen (secondary N) is 1. The quantitative estimate of drug-likeness (QED) is 0.712. The molecule has 7 nitrogen and oxygen atoms in total. The van der Waals surface area contributed by atoms with Gasteiger partial charge in [0.1, 0.15) is 4.21 Å². The Balaban J connectivity index is 2.06. The van der Waals surface area contributed by atoms with Crippen LogP contribution in [0.25, 0.3) is 0 Å². The Bertz CT molecular complexity index is 883. The number of likely N-dealkylation sites (N-methyl/N-ethyl adjacent to an activating group) is 1. The fraction of sp³-hybridized carbons (Fsp3) is 0.312. The number of sulfonamides is 1. The number of methoxy groups -OCH3 is 1. The second-order valence-electron chi connectivity index (χ2n) is 5.17. The molecule has 1 N–H and O–H groups in total. The van der Waals surface area contributed by atoms with Crippen molar-refractivity contribution < 1.29 is 22.7 Å². The second-order valence-corrected chi connectivity index (χ2v) is 9.15. The van der Waals surface area contributed by atoms with Gasteiger partial charge in [0.25, 0.3) is 10.0 Å². The van der Waals surface area contributed by atoms with E-state index in [4.69, 9.17) is 21.1 Å². The van der Waals surface area contributed by atoms with Crippen LogP contribution in [0.4, 0.5) is 5.69 Å². The van der Waals surface area contributed by atoms with Gasteiger partial charge < -0.3 is 14.8 Å². The minimum Gasteiger partial charge on any atom is -0.493 e. The summed E-state index contributed by atoms with van der Waals surface area (Å²) in [6, 6.07) is 7.84. The van der Waals surface area contributed by atoms with Crippen LogP contribution in [0.3, 0.4) is 0 Å². The van der Waals surface area contributed by atoms with Crippen LogP contribution in [0.5, 0.6) is 11.5 Å². The minimum atomic E-state index is -3.77. The molecular formula is C16H19ClN2O5S2. The topological polar surface area (TPSA) is 84.9 Å². The Labute approximate surface area is 161 Å². The number of halogens is 1. The molecule has 0 aliphatic carbocycles. The van der Waals surface area contributed by atoms with E-state index in [1.807, 2.05) is 6.92 Å². The van der Waals surface area contributed by atoms with Gasteiger partial charge in [-0.1, -0.05) is 11.6 Å². The molecule has 0 aliphatic heterocycles. The molecule has 1 aromatic carbocycles. The lowest BCUT2D eigenvalue weighted by molar-refractivity contribution is -0.116. The molecular weight excluding hydrogens is 400 g/mol. The van der Waals surface area contributed by atoms with E-state index in [-0.39, 0.29) is 10.8 Å². The van der Waals surface area contributed by atoms with Crippen molar-refractivity contribution in [1.82, 2.24) is 4.31 Å². The van der Waals surface area contributed by atoms with Crippen molar-refractivity contribution in [3.63, 3.8) is 0 Å². The van der Waals surface area contributed by atoms with Gasteiger partial charge in [-0.2, -0.15) is 4.31 Å². The first-order valence-electron chi connectivity index (χ1n) is 7.60. The highest BCUT2D eigenvalue weighted by Gasteiger charge is 2.24. The van der Waals surface area contributed by atoms with Crippen LogP contribution < -0.4 is 14.8 Å². The first-order chi connectivity index (χ1) is 12.3. The number of hydrogen-bond donors (Lipinski definition) is 1. The normalized spacial score (nSPS) is 11.4. The second kappa shape index (κ2) is 8.72. The first-order valence-corrected chi connectivity index (χ1v) is 10.2. The van der Waals surface area contributed by atoms with Crippen LogP contribution in [0.1, 0.15) is 6.92 Å². The van der Waals surface area contributed by atoms with Crippen molar-refractivity contribution in [2.75, 3.05) is 32.6 Å². The number of benzene rings is 1. The molecule has 26 heavy (non-hydrogen) atoms. The van der Waals surface area contributed by atoms with Crippen LogP contribution in [-0.4, -0.2) is 45.9 Å². The Morgan fingerprint density at radius 3 is 2.58 bits per heavy atom. The van der Waals surface area contributed by atoms with Crippen LogP contribution in [-0.2, 0) is 14.8 Å². The summed E-state index contributed by atoms with van der Waals surface area (Å²) in [4.78, 5) is 12.2. The van der Waals surface area contributed by atoms with Gasteiger partial charge in [0, 0.05) is 18.8 Å².